The second kappa shape index (κ2) is 5.88. The maximum absolute atomic E-state index is 12.9. The molecule has 4 nitrogen and oxygen atoms in total. The van der Waals surface area contributed by atoms with E-state index >= 15 is 0 Å². The zero-order valence-corrected chi connectivity index (χ0v) is 14.4. The number of amides is 1. The number of pyridine rings is 1. The summed E-state index contributed by atoms with van der Waals surface area (Å²) in [5.74, 6) is -0.336. The van der Waals surface area contributed by atoms with E-state index in [0.29, 0.717) is 5.39 Å². The van der Waals surface area contributed by atoms with Gasteiger partial charge in [0.05, 0.1) is 5.52 Å². The van der Waals surface area contributed by atoms with Crippen LogP contribution in [-0.2, 0) is 19.4 Å². The molecule has 1 amide bonds. The van der Waals surface area contributed by atoms with Crippen molar-refractivity contribution in [2.75, 3.05) is 5.32 Å². The van der Waals surface area contributed by atoms with Crippen molar-refractivity contribution in [1.82, 2.24) is 4.57 Å². The number of anilines is 1. The quantitative estimate of drug-likeness (QED) is 0.795. The van der Waals surface area contributed by atoms with Gasteiger partial charge in [0.25, 0.3) is 5.91 Å². The Morgan fingerprint density at radius 1 is 1.20 bits per heavy atom. The van der Waals surface area contributed by atoms with Gasteiger partial charge in [0.2, 0.25) is 5.43 Å². The minimum atomic E-state index is -0.336. The first kappa shape index (κ1) is 15.6. The Labute approximate surface area is 146 Å². The lowest BCUT2D eigenvalue weighted by molar-refractivity contribution is 0.102. The monoisotopic (exact) mass is 332 g/mol. The van der Waals surface area contributed by atoms with Crippen molar-refractivity contribution >= 4 is 22.5 Å². The Bertz CT molecular complexity index is 1060. The average Bonchev–Trinajstić information content (AvgIpc) is 3.03. The largest absolute Gasteiger partial charge is 0.346 e. The van der Waals surface area contributed by atoms with E-state index in [4.69, 9.17) is 0 Å². The fourth-order valence-electron chi connectivity index (χ4n) is 3.70. The van der Waals surface area contributed by atoms with Gasteiger partial charge in [-0.3, -0.25) is 9.59 Å². The van der Waals surface area contributed by atoms with Crippen molar-refractivity contribution in [3.05, 3.63) is 75.1 Å². The van der Waals surface area contributed by atoms with Crippen LogP contribution in [0.4, 0.5) is 5.69 Å². The van der Waals surface area contributed by atoms with Gasteiger partial charge in [0.15, 0.2) is 0 Å². The molecule has 0 saturated heterocycles. The van der Waals surface area contributed by atoms with Crippen LogP contribution in [0.5, 0.6) is 0 Å². The molecule has 1 aromatic heterocycles. The number of aromatic nitrogens is 1. The maximum Gasteiger partial charge on any atom is 0.261 e. The van der Waals surface area contributed by atoms with E-state index in [1.807, 2.05) is 47.9 Å². The van der Waals surface area contributed by atoms with Gasteiger partial charge in [-0.25, -0.2) is 0 Å². The number of nitrogens with one attached hydrogen (secondary N) is 1. The third kappa shape index (κ3) is 2.45. The van der Waals surface area contributed by atoms with Gasteiger partial charge in [-0.15, -0.1) is 0 Å². The number of nitrogens with zero attached hydrogens (tertiary/aromatic N) is 1. The van der Waals surface area contributed by atoms with Gasteiger partial charge in [0.1, 0.15) is 5.56 Å². The summed E-state index contributed by atoms with van der Waals surface area (Å²) in [4.78, 5) is 25.7. The summed E-state index contributed by atoms with van der Waals surface area (Å²) in [5, 5.41) is 3.60. The molecule has 0 atom stereocenters. The molecule has 25 heavy (non-hydrogen) atoms. The van der Waals surface area contributed by atoms with Crippen LogP contribution in [-0.4, -0.2) is 10.5 Å². The number of benzene rings is 2. The van der Waals surface area contributed by atoms with E-state index in [-0.39, 0.29) is 16.9 Å². The van der Waals surface area contributed by atoms with Crippen LogP contribution in [0.2, 0.25) is 0 Å². The molecule has 0 radical (unpaired) electrons. The Kier molecular flexibility index (Phi) is 3.68. The number of hydrogen-bond acceptors (Lipinski definition) is 2. The maximum atomic E-state index is 12.9. The van der Waals surface area contributed by atoms with E-state index in [0.717, 1.165) is 41.7 Å². The molecule has 0 unspecified atom stereocenters. The van der Waals surface area contributed by atoms with E-state index in [2.05, 4.69) is 12.2 Å². The van der Waals surface area contributed by atoms with Crippen LogP contribution in [0.1, 0.15) is 34.0 Å². The second-order valence-corrected chi connectivity index (χ2v) is 6.55. The van der Waals surface area contributed by atoms with Crippen LogP contribution >= 0.6 is 0 Å². The van der Waals surface area contributed by atoms with Gasteiger partial charge >= 0.3 is 0 Å². The van der Waals surface area contributed by atoms with Crippen molar-refractivity contribution in [3.63, 3.8) is 0 Å². The van der Waals surface area contributed by atoms with E-state index in [1.165, 1.54) is 5.56 Å². The summed E-state index contributed by atoms with van der Waals surface area (Å²) in [6.45, 7) is 4.83. The van der Waals surface area contributed by atoms with Crippen LogP contribution < -0.4 is 10.7 Å². The lowest BCUT2D eigenvalue weighted by Crippen LogP contribution is -2.24. The number of carbonyl (C=O) groups excluding carboxylic acids is 1. The predicted octanol–water partition coefficient (Wildman–Crippen LogP) is 3.68. The van der Waals surface area contributed by atoms with Crippen molar-refractivity contribution in [2.45, 2.75) is 33.2 Å². The van der Waals surface area contributed by atoms with Crippen LogP contribution in [0, 0.1) is 6.92 Å². The second-order valence-electron chi connectivity index (χ2n) is 6.55. The molecule has 3 aromatic rings. The lowest BCUT2D eigenvalue weighted by atomic mass is 10.0. The molecule has 0 spiro atoms. The Morgan fingerprint density at radius 3 is 2.80 bits per heavy atom. The summed E-state index contributed by atoms with van der Waals surface area (Å²) in [6, 6.07) is 11.7. The average molecular weight is 332 g/mol. The first-order chi connectivity index (χ1) is 12.1. The van der Waals surface area contributed by atoms with E-state index < -0.39 is 0 Å². The van der Waals surface area contributed by atoms with Gasteiger partial charge in [0, 0.05) is 23.8 Å². The highest BCUT2D eigenvalue weighted by Crippen LogP contribution is 2.25. The number of rotatable bonds is 3. The Hall–Kier alpha value is -2.88. The van der Waals surface area contributed by atoms with E-state index in [1.54, 1.807) is 6.20 Å². The number of carbonyl (C=O) groups is 1. The molecule has 4 rings (SSSR count). The van der Waals surface area contributed by atoms with Crippen LogP contribution in [0.25, 0.3) is 10.9 Å². The summed E-state index contributed by atoms with van der Waals surface area (Å²) in [5.41, 5.74) is 5.03. The summed E-state index contributed by atoms with van der Waals surface area (Å²) < 4.78 is 2.03. The zero-order chi connectivity index (χ0) is 17.6. The minimum absolute atomic E-state index is 0.195. The molecule has 2 aromatic carbocycles. The fraction of sp³-hybridized carbons (Fsp3) is 0.238. The summed E-state index contributed by atoms with van der Waals surface area (Å²) in [6.07, 6.45) is 3.43. The molecule has 1 aliphatic heterocycles. The van der Waals surface area contributed by atoms with Crippen molar-refractivity contribution in [3.8, 4) is 0 Å². The predicted molar refractivity (Wildman–Crippen MR) is 100 cm³/mol. The molecule has 0 aliphatic carbocycles. The highest BCUT2D eigenvalue weighted by molar-refractivity contribution is 6.06. The third-order valence-electron chi connectivity index (χ3n) is 5.03. The normalized spacial score (nSPS) is 12.6. The summed E-state index contributed by atoms with van der Waals surface area (Å²) in [7, 11) is 0. The highest BCUT2D eigenvalue weighted by Gasteiger charge is 2.21. The lowest BCUT2D eigenvalue weighted by Gasteiger charge is -2.14. The Morgan fingerprint density at radius 2 is 2.00 bits per heavy atom. The topological polar surface area (TPSA) is 51.1 Å². The molecule has 1 N–H and O–H groups in total. The first-order valence-corrected chi connectivity index (χ1v) is 8.65. The molecule has 126 valence electrons. The molecule has 0 saturated carbocycles. The fourth-order valence-corrected chi connectivity index (χ4v) is 3.70. The molecule has 0 fully saturated rings. The van der Waals surface area contributed by atoms with Crippen molar-refractivity contribution < 1.29 is 4.79 Å². The van der Waals surface area contributed by atoms with Gasteiger partial charge < -0.3 is 9.88 Å². The first-order valence-electron chi connectivity index (χ1n) is 8.65. The zero-order valence-electron chi connectivity index (χ0n) is 14.4. The molecule has 4 heteroatoms. The molecule has 0 bridgehead atoms. The number of aryl methyl sites for hydroxylation is 4. The number of para-hydroxylation sites is 2. The molecule has 1 aliphatic rings. The van der Waals surface area contributed by atoms with Gasteiger partial charge in [-0.1, -0.05) is 37.3 Å². The molecular formula is C21H20N2O2. The van der Waals surface area contributed by atoms with Crippen molar-refractivity contribution in [1.29, 1.82) is 0 Å². The van der Waals surface area contributed by atoms with E-state index in [9.17, 15) is 9.59 Å². The van der Waals surface area contributed by atoms with Crippen molar-refractivity contribution in [2.24, 2.45) is 0 Å². The highest BCUT2D eigenvalue weighted by atomic mass is 16.2. The van der Waals surface area contributed by atoms with Gasteiger partial charge in [-0.2, -0.15) is 0 Å². The Balaban J connectivity index is 1.81. The smallest absolute Gasteiger partial charge is 0.261 e. The number of hydrogen-bond donors (Lipinski definition) is 1. The third-order valence-corrected chi connectivity index (χ3v) is 5.03. The molecule has 2 heterocycles. The minimum Gasteiger partial charge on any atom is -0.346 e. The standard InChI is InChI=1S/C21H20N2O2/c1-3-14-7-4-6-13(2)18(14)22-21(25)17-12-23-11-10-15-8-5-9-16(19(15)23)20(17)24/h4-9,12H,3,10-11H2,1-2H3,(H,22,25). The SMILES string of the molecule is CCc1cccc(C)c1NC(=O)c1cn2c3c(cccc3c1=O)CC2. The summed E-state index contributed by atoms with van der Waals surface area (Å²) >= 11 is 0. The molecular weight excluding hydrogens is 312 g/mol. The van der Waals surface area contributed by atoms with Crippen LogP contribution in [0.3, 0.4) is 0 Å². The van der Waals surface area contributed by atoms with Crippen LogP contribution in [0.15, 0.2) is 47.4 Å². The van der Waals surface area contributed by atoms with Gasteiger partial charge in [-0.05, 0) is 42.5 Å².